The normalized spacial score (nSPS) is 16.0. The molecule has 0 aromatic carbocycles. The second-order valence-electron chi connectivity index (χ2n) is 8.82. The van der Waals surface area contributed by atoms with Gasteiger partial charge in [-0.05, 0) is 47.2 Å². The number of hydrogen-bond donors (Lipinski definition) is 2. The van der Waals surface area contributed by atoms with Crippen LogP contribution >= 0.6 is 24.0 Å². The van der Waals surface area contributed by atoms with Crippen LogP contribution in [0, 0.1) is 5.41 Å². The monoisotopic (exact) mass is 483 g/mol. The summed E-state index contributed by atoms with van der Waals surface area (Å²) in [5, 5.41) is 6.68. The maximum Gasteiger partial charge on any atom is 0.410 e. The van der Waals surface area contributed by atoms with Crippen molar-refractivity contribution in [2.45, 2.75) is 53.2 Å². The molecule has 0 bridgehead atoms. The molecule has 1 fully saturated rings. The lowest BCUT2D eigenvalue weighted by atomic mass is 9.93. The van der Waals surface area contributed by atoms with Gasteiger partial charge in [-0.3, -0.25) is 4.99 Å². The van der Waals surface area contributed by atoms with Crippen LogP contribution in [-0.4, -0.2) is 80.3 Å². The number of likely N-dealkylation sites (tertiary alicyclic amines) is 1. The fourth-order valence-corrected chi connectivity index (χ4v) is 2.76. The van der Waals surface area contributed by atoms with Crippen molar-refractivity contribution in [1.82, 2.24) is 20.4 Å². The first-order valence-corrected chi connectivity index (χ1v) is 9.09. The summed E-state index contributed by atoms with van der Waals surface area (Å²) >= 11 is 0. The number of amides is 1. The predicted molar refractivity (Wildman–Crippen MR) is 118 cm³/mol. The SMILES string of the molecule is CCNC(=NCC(C)(C)CN(C)C)NC1CN(C(=O)OC(C)(C)C)C1.I. The van der Waals surface area contributed by atoms with Crippen molar-refractivity contribution in [2.24, 2.45) is 10.4 Å². The number of hydrogen-bond acceptors (Lipinski definition) is 4. The van der Waals surface area contributed by atoms with Crippen molar-refractivity contribution in [1.29, 1.82) is 0 Å². The Hall–Kier alpha value is -0.770. The lowest BCUT2D eigenvalue weighted by Crippen LogP contribution is -2.63. The summed E-state index contributed by atoms with van der Waals surface area (Å²) in [7, 11) is 4.16. The molecule has 1 heterocycles. The Balaban J connectivity index is 0.00000625. The van der Waals surface area contributed by atoms with Crippen molar-refractivity contribution in [2.75, 3.05) is 46.8 Å². The van der Waals surface area contributed by atoms with Crippen LogP contribution < -0.4 is 10.6 Å². The smallest absolute Gasteiger partial charge is 0.410 e. The number of halogens is 1. The summed E-state index contributed by atoms with van der Waals surface area (Å²) in [6, 6.07) is 0.210. The Morgan fingerprint density at radius 3 is 2.27 bits per heavy atom. The second-order valence-corrected chi connectivity index (χ2v) is 8.82. The topological polar surface area (TPSA) is 69.2 Å². The second kappa shape index (κ2) is 10.5. The van der Waals surface area contributed by atoms with Crippen molar-refractivity contribution in [3.8, 4) is 0 Å². The molecule has 2 N–H and O–H groups in total. The molecule has 1 rings (SSSR count). The van der Waals surface area contributed by atoms with E-state index < -0.39 is 5.60 Å². The Morgan fingerprint density at radius 1 is 1.23 bits per heavy atom. The largest absolute Gasteiger partial charge is 0.444 e. The third-order valence-corrected chi connectivity index (χ3v) is 3.63. The number of carbonyl (C=O) groups excluding carboxylic acids is 1. The Bertz CT molecular complexity index is 469. The summed E-state index contributed by atoms with van der Waals surface area (Å²) in [4.78, 5) is 20.6. The molecular weight excluding hydrogens is 445 g/mol. The van der Waals surface area contributed by atoms with E-state index >= 15 is 0 Å². The zero-order chi connectivity index (χ0) is 19.3. The molecule has 7 nitrogen and oxygen atoms in total. The first-order chi connectivity index (χ1) is 11.4. The van der Waals surface area contributed by atoms with Crippen molar-refractivity contribution >= 4 is 36.0 Å². The predicted octanol–water partition coefficient (Wildman–Crippen LogP) is 2.37. The van der Waals surface area contributed by atoms with Gasteiger partial charge in [-0.2, -0.15) is 0 Å². The molecule has 0 aromatic heterocycles. The van der Waals surface area contributed by atoms with Crippen molar-refractivity contribution in [3.63, 3.8) is 0 Å². The van der Waals surface area contributed by atoms with Crippen LogP contribution in [0.1, 0.15) is 41.5 Å². The minimum atomic E-state index is -0.454. The van der Waals surface area contributed by atoms with Crippen LogP contribution in [-0.2, 0) is 4.74 Å². The van der Waals surface area contributed by atoms with E-state index in [1.165, 1.54) is 0 Å². The van der Waals surface area contributed by atoms with Gasteiger partial charge in [0.15, 0.2) is 5.96 Å². The van der Waals surface area contributed by atoms with Gasteiger partial charge in [-0.25, -0.2) is 4.79 Å². The van der Waals surface area contributed by atoms with E-state index in [1.807, 2.05) is 20.8 Å². The Morgan fingerprint density at radius 2 is 1.81 bits per heavy atom. The van der Waals surface area contributed by atoms with E-state index in [0.29, 0.717) is 13.1 Å². The van der Waals surface area contributed by atoms with Crippen LogP contribution in [0.2, 0.25) is 0 Å². The number of carbonyl (C=O) groups is 1. The minimum Gasteiger partial charge on any atom is -0.444 e. The molecule has 1 aliphatic heterocycles. The minimum absolute atomic E-state index is 0. The van der Waals surface area contributed by atoms with Crippen LogP contribution in [0.15, 0.2) is 4.99 Å². The van der Waals surface area contributed by atoms with Gasteiger partial charge >= 0.3 is 6.09 Å². The van der Waals surface area contributed by atoms with Gasteiger partial charge in [0, 0.05) is 32.7 Å². The number of ether oxygens (including phenoxy) is 1. The third-order valence-electron chi connectivity index (χ3n) is 3.63. The lowest BCUT2D eigenvalue weighted by molar-refractivity contribution is 0.00700. The molecule has 0 radical (unpaired) electrons. The zero-order valence-electron chi connectivity index (χ0n) is 17.7. The summed E-state index contributed by atoms with van der Waals surface area (Å²) in [5.74, 6) is 0.808. The van der Waals surface area contributed by atoms with Gasteiger partial charge in [0.1, 0.15) is 5.60 Å². The fourth-order valence-electron chi connectivity index (χ4n) is 2.76. The summed E-state index contributed by atoms with van der Waals surface area (Å²) in [5.41, 5.74) is -0.349. The molecule has 26 heavy (non-hydrogen) atoms. The van der Waals surface area contributed by atoms with E-state index in [1.54, 1.807) is 4.90 Å². The first kappa shape index (κ1) is 25.2. The first-order valence-electron chi connectivity index (χ1n) is 9.09. The highest BCUT2D eigenvalue weighted by Crippen LogP contribution is 2.17. The zero-order valence-corrected chi connectivity index (χ0v) is 20.0. The van der Waals surface area contributed by atoms with Gasteiger partial charge < -0.3 is 25.2 Å². The van der Waals surface area contributed by atoms with Crippen LogP contribution in [0.25, 0.3) is 0 Å². The standard InChI is InChI=1S/C18H37N5O2.HI/c1-9-19-15(20-12-18(5,6)13-22(7)8)21-14-10-23(11-14)16(24)25-17(2,3)4;/h14H,9-13H2,1-8H3,(H2,19,20,21);1H. The number of rotatable bonds is 6. The van der Waals surface area contributed by atoms with Crippen LogP contribution in [0.4, 0.5) is 4.79 Å². The fraction of sp³-hybridized carbons (Fsp3) is 0.889. The summed E-state index contributed by atoms with van der Waals surface area (Å²) < 4.78 is 5.38. The van der Waals surface area contributed by atoms with E-state index in [4.69, 9.17) is 9.73 Å². The van der Waals surface area contributed by atoms with Crippen LogP contribution in [0.3, 0.4) is 0 Å². The number of guanidine groups is 1. The molecule has 1 aliphatic rings. The average Bonchev–Trinajstić information content (AvgIpc) is 2.35. The molecular formula is C18H38IN5O2. The van der Waals surface area contributed by atoms with Gasteiger partial charge in [-0.15, -0.1) is 24.0 Å². The number of nitrogens with zero attached hydrogens (tertiary/aromatic N) is 3. The molecule has 0 atom stereocenters. The molecule has 0 saturated carbocycles. The van der Waals surface area contributed by atoms with Gasteiger partial charge in [0.2, 0.25) is 0 Å². The lowest BCUT2D eigenvalue weighted by Gasteiger charge is -2.40. The molecule has 0 spiro atoms. The highest BCUT2D eigenvalue weighted by atomic mass is 127. The Labute approximate surface area is 176 Å². The van der Waals surface area contributed by atoms with Crippen molar-refractivity contribution in [3.05, 3.63) is 0 Å². The highest BCUT2D eigenvalue weighted by Gasteiger charge is 2.34. The van der Waals surface area contributed by atoms with Crippen molar-refractivity contribution < 1.29 is 9.53 Å². The molecule has 1 saturated heterocycles. The quantitative estimate of drug-likeness (QED) is 0.345. The van der Waals surface area contributed by atoms with Gasteiger partial charge in [0.25, 0.3) is 0 Å². The van der Waals surface area contributed by atoms with Gasteiger partial charge in [0.05, 0.1) is 6.04 Å². The van der Waals surface area contributed by atoms with E-state index in [2.05, 4.69) is 50.4 Å². The summed E-state index contributed by atoms with van der Waals surface area (Å²) in [6.07, 6.45) is -0.250. The Kier molecular flexibility index (Phi) is 10.2. The molecule has 0 aliphatic carbocycles. The maximum atomic E-state index is 12.0. The molecule has 154 valence electrons. The maximum absolute atomic E-state index is 12.0. The number of aliphatic imine (C=N–C) groups is 1. The average molecular weight is 483 g/mol. The van der Waals surface area contributed by atoms with E-state index in [9.17, 15) is 4.79 Å². The summed E-state index contributed by atoms with van der Waals surface area (Å²) in [6.45, 7) is 15.9. The molecule has 1 amide bonds. The third kappa shape index (κ3) is 9.80. The van der Waals surface area contributed by atoms with Crippen LogP contribution in [0.5, 0.6) is 0 Å². The highest BCUT2D eigenvalue weighted by molar-refractivity contribution is 14.0. The van der Waals surface area contributed by atoms with Gasteiger partial charge in [-0.1, -0.05) is 13.8 Å². The molecule has 0 aromatic rings. The molecule has 0 unspecified atom stereocenters. The van der Waals surface area contributed by atoms with E-state index in [0.717, 1.165) is 25.6 Å². The molecule has 8 heteroatoms. The number of nitrogens with one attached hydrogen (secondary N) is 2. The van der Waals surface area contributed by atoms with E-state index in [-0.39, 0.29) is 41.5 Å².